The molecule has 0 spiro atoms. The first-order valence-corrected chi connectivity index (χ1v) is 6.42. The van der Waals surface area contributed by atoms with Gasteiger partial charge in [0.05, 0.1) is 7.11 Å². The molecule has 3 aromatic carbocycles. The minimum Gasteiger partial charge on any atom is -0.496 e. The van der Waals surface area contributed by atoms with Crippen molar-refractivity contribution in [3.05, 3.63) is 66.2 Å². The van der Waals surface area contributed by atoms with Crippen molar-refractivity contribution in [1.29, 1.82) is 0 Å². The highest BCUT2D eigenvalue weighted by atomic mass is 16.5. The topological polar surface area (TPSA) is 9.23 Å². The van der Waals surface area contributed by atoms with Gasteiger partial charge in [-0.05, 0) is 35.6 Å². The molecule has 0 atom stereocenters. The Bertz CT molecular complexity index is 729. The molecule has 3 rings (SSSR count). The lowest BCUT2D eigenvalue weighted by atomic mass is 10.00. The number of aryl methyl sites for hydroxylation is 1. The summed E-state index contributed by atoms with van der Waals surface area (Å²) in [5.41, 5.74) is 3.78. The maximum absolute atomic E-state index is 5.39. The summed E-state index contributed by atoms with van der Waals surface area (Å²) in [4.78, 5) is 0. The molecule has 0 aromatic heterocycles. The number of hydrogen-bond donors (Lipinski definition) is 0. The molecule has 0 aliphatic heterocycles. The van der Waals surface area contributed by atoms with Gasteiger partial charge >= 0.3 is 0 Å². The normalized spacial score (nSPS) is 10.6. The Labute approximate surface area is 113 Å². The van der Waals surface area contributed by atoms with Crippen molar-refractivity contribution in [3.8, 4) is 16.9 Å². The van der Waals surface area contributed by atoms with E-state index in [2.05, 4.69) is 55.5 Å². The molecule has 0 unspecified atom stereocenters. The zero-order chi connectivity index (χ0) is 13.2. The lowest BCUT2D eigenvalue weighted by molar-refractivity contribution is 0.420. The lowest BCUT2D eigenvalue weighted by Gasteiger charge is -2.08. The van der Waals surface area contributed by atoms with Gasteiger partial charge in [-0.25, -0.2) is 0 Å². The fourth-order valence-electron chi connectivity index (χ4n) is 2.44. The summed E-state index contributed by atoms with van der Waals surface area (Å²) in [7, 11) is 1.71. The number of fused-ring (bicyclic) bond motifs is 1. The van der Waals surface area contributed by atoms with Gasteiger partial charge in [0.1, 0.15) is 5.75 Å². The molecule has 0 aliphatic carbocycles. The van der Waals surface area contributed by atoms with Crippen molar-refractivity contribution >= 4 is 10.8 Å². The van der Waals surface area contributed by atoms with Crippen LogP contribution in [0.5, 0.6) is 5.75 Å². The van der Waals surface area contributed by atoms with Crippen LogP contribution < -0.4 is 4.74 Å². The van der Waals surface area contributed by atoms with Crippen LogP contribution in [0.3, 0.4) is 0 Å². The van der Waals surface area contributed by atoms with E-state index in [0.29, 0.717) is 0 Å². The molecule has 1 heteroatoms. The number of hydrogen-bond acceptors (Lipinski definition) is 1. The Balaban J connectivity index is 2.17. The molecular weight excluding hydrogens is 232 g/mol. The van der Waals surface area contributed by atoms with E-state index < -0.39 is 0 Å². The van der Waals surface area contributed by atoms with E-state index in [1.54, 1.807) is 7.11 Å². The first-order chi connectivity index (χ1) is 9.28. The Morgan fingerprint density at radius 2 is 1.58 bits per heavy atom. The fraction of sp³-hybridized carbons (Fsp3) is 0.111. The van der Waals surface area contributed by atoms with Crippen LogP contribution in [0.2, 0.25) is 0 Å². The first-order valence-electron chi connectivity index (χ1n) is 6.42. The summed E-state index contributed by atoms with van der Waals surface area (Å²) in [6.07, 6.45) is 0. The summed E-state index contributed by atoms with van der Waals surface area (Å²) >= 11 is 0. The van der Waals surface area contributed by atoms with Crippen LogP contribution in [0.25, 0.3) is 21.9 Å². The van der Waals surface area contributed by atoms with Gasteiger partial charge < -0.3 is 4.74 Å². The average molecular weight is 248 g/mol. The third kappa shape index (κ3) is 2.19. The molecule has 0 aliphatic rings. The highest BCUT2D eigenvalue weighted by Crippen LogP contribution is 2.30. The molecule has 0 saturated carbocycles. The van der Waals surface area contributed by atoms with Gasteiger partial charge in [0.2, 0.25) is 0 Å². The molecule has 0 heterocycles. The van der Waals surface area contributed by atoms with Crippen molar-refractivity contribution in [2.45, 2.75) is 6.92 Å². The standard InChI is InChI=1S/C18H16O/c1-13-5-3-6-14(11-13)15-9-10-17-16(12-15)7-4-8-18(17)19-2/h3-12H,1-2H3. The number of rotatable bonds is 2. The van der Waals surface area contributed by atoms with Gasteiger partial charge in [-0.3, -0.25) is 0 Å². The molecule has 0 N–H and O–H groups in total. The zero-order valence-corrected chi connectivity index (χ0v) is 11.2. The van der Waals surface area contributed by atoms with E-state index in [1.165, 1.54) is 22.1 Å². The summed E-state index contributed by atoms with van der Waals surface area (Å²) in [6, 6.07) is 21.2. The fourth-order valence-corrected chi connectivity index (χ4v) is 2.44. The Morgan fingerprint density at radius 3 is 2.37 bits per heavy atom. The SMILES string of the molecule is COc1cccc2cc(-c3cccc(C)c3)ccc12. The third-order valence-corrected chi connectivity index (χ3v) is 3.41. The minimum absolute atomic E-state index is 0.924. The summed E-state index contributed by atoms with van der Waals surface area (Å²) in [5.74, 6) is 0.924. The Morgan fingerprint density at radius 1 is 0.789 bits per heavy atom. The molecule has 94 valence electrons. The monoisotopic (exact) mass is 248 g/mol. The van der Waals surface area contributed by atoms with E-state index in [4.69, 9.17) is 4.74 Å². The lowest BCUT2D eigenvalue weighted by Crippen LogP contribution is -1.85. The minimum atomic E-state index is 0.924. The molecule has 3 aromatic rings. The van der Waals surface area contributed by atoms with Crippen LogP contribution in [-0.2, 0) is 0 Å². The second-order valence-corrected chi connectivity index (χ2v) is 4.77. The van der Waals surface area contributed by atoms with Gasteiger partial charge in [-0.2, -0.15) is 0 Å². The highest BCUT2D eigenvalue weighted by molar-refractivity contribution is 5.91. The molecule has 1 nitrogen and oxygen atoms in total. The van der Waals surface area contributed by atoms with Gasteiger partial charge in [0.25, 0.3) is 0 Å². The molecule has 0 bridgehead atoms. The second-order valence-electron chi connectivity index (χ2n) is 4.77. The maximum Gasteiger partial charge on any atom is 0.126 e. The van der Waals surface area contributed by atoms with Gasteiger partial charge in [0, 0.05) is 5.39 Å². The first kappa shape index (κ1) is 11.8. The van der Waals surface area contributed by atoms with E-state index in [1.807, 2.05) is 12.1 Å². The smallest absolute Gasteiger partial charge is 0.126 e. The van der Waals surface area contributed by atoms with Crippen molar-refractivity contribution < 1.29 is 4.74 Å². The van der Waals surface area contributed by atoms with Crippen LogP contribution in [0.4, 0.5) is 0 Å². The van der Waals surface area contributed by atoms with Crippen molar-refractivity contribution in [3.63, 3.8) is 0 Å². The average Bonchev–Trinajstić information content (AvgIpc) is 2.46. The maximum atomic E-state index is 5.39. The van der Waals surface area contributed by atoms with E-state index in [9.17, 15) is 0 Å². The number of methoxy groups -OCH3 is 1. The third-order valence-electron chi connectivity index (χ3n) is 3.41. The molecular formula is C18H16O. The predicted octanol–water partition coefficient (Wildman–Crippen LogP) is 4.82. The van der Waals surface area contributed by atoms with Crippen LogP contribution in [0.1, 0.15) is 5.56 Å². The van der Waals surface area contributed by atoms with E-state index in [0.717, 1.165) is 11.1 Å². The van der Waals surface area contributed by atoms with E-state index in [-0.39, 0.29) is 0 Å². The zero-order valence-electron chi connectivity index (χ0n) is 11.2. The Hall–Kier alpha value is -2.28. The molecule has 0 radical (unpaired) electrons. The molecule has 0 saturated heterocycles. The van der Waals surface area contributed by atoms with Crippen LogP contribution in [0, 0.1) is 6.92 Å². The Kier molecular flexibility index (Phi) is 2.96. The predicted molar refractivity (Wildman–Crippen MR) is 80.7 cm³/mol. The van der Waals surface area contributed by atoms with Crippen LogP contribution >= 0.6 is 0 Å². The summed E-state index contributed by atoms with van der Waals surface area (Å²) in [6.45, 7) is 2.12. The molecule has 0 fully saturated rings. The van der Waals surface area contributed by atoms with Gasteiger partial charge in [0.15, 0.2) is 0 Å². The van der Waals surface area contributed by atoms with Gasteiger partial charge in [-0.1, -0.05) is 54.1 Å². The van der Waals surface area contributed by atoms with Gasteiger partial charge in [-0.15, -0.1) is 0 Å². The summed E-state index contributed by atoms with van der Waals surface area (Å²) < 4.78 is 5.39. The van der Waals surface area contributed by atoms with Crippen molar-refractivity contribution in [1.82, 2.24) is 0 Å². The largest absolute Gasteiger partial charge is 0.496 e. The van der Waals surface area contributed by atoms with Crippen molar-refractivity contribution in [2.75, 3.05) is 7.11 Å². The molecule has 0 amide bonds. The molecule has 19 heavy (non-hydrogen) atoms. The van der Waals surface area contributed by atoms with E-state index >= 15 is 0 Å². The quantitative estimate of drug-likeness (QED) is 0.631. The highest BCUT2D eigenvalue weighted by Gasteiger charge is 2.03. The van der Waals surface area contributed by atoms with Crippen LogP contribution in [0.15, 0.2) is 60.7 Å². The number of ether oxygens (including phenoxy) is 1. The van der Waals surface area contributed by atoms with Crippen LogP contribution in [-0.4, -0.2) is 7.11 Å². The summed E-state index contributed by atoms with van der Waals surface area (Å²) in [5, 5.41) is 2.36. The van der Waals surface area contributed by atoms with Crippen molar-refractivity contribution in [2.24, 2.45) is 0 Å². The number of benzene rings is 3. The second kappa shape index (κ2) is 4.77.